The first kappa shape index (κ1) is 10.8. The summed E-state index contributed by atoms with van der Waals surface area (Å²) in [5, 5.41) is 8.08. The molecule has 4 nitrogen and oxygen atoms in total. The lowest BCUT2D eigenvalue weighted by Gasteiger charge is -1.96. The molecule has 11 heavy (non-hydrogen) atoms. The fourth-order valence-corrected chi connectivity index (χ4v) is 0.635. The Bertz CT molecular complexity index is 199. The monoisotopic (exact) mass is 286 g/mol. The number of carboxylic acid groups (broad SMARTS) is 1. The molecule has 62 valence electrons. The van der Waals surface area contributed by atoms with E-state index in [4.69, 9.17) is 5.11 Å². The highest BCUT2D eigenvalue weighted by atomic mass is 79.9. The summed E-state index contributed by atoms with van der Waals surface area (Å²) in [5.74, 6) is -3.18. The van der Waals surface area contributed by atoms with Crippen LogP contribution in [0.25, 0.3) is 0 Å². The molecule has 0 rings (SSSR count). The lowest BCUT2D eigenvalue weighted by Crippen LogP contribution is -2.19. The summed E-state index contributed by atoms with van der Waals surface area (Å²) in [7, 11) is 0. The van der Waals surface area contributed by atoms with Crippen molar-refractivity contribution in [1.29, 1.82) is 0 Å². The number of carboxylic acids is 1. The number of carbonyl (C=O) groups excluding carboxylic acids is 2. The molecule has 1 N–H and O–H groups in total. The van der Waals surface area contributed by atoms with E-state index >= 15 is 0 Å². The maximum absolute atomic E-state index is 10.7. The van der Waals surface area contributed by atoms with Crippen LogP contribution in [0.4, 0.5) is 0 Å². The number of rotatable bonds is 4. The molecule has 0 unspecified atom stereocenters. The SMILES string of the molecule is O=C(O)C(=O)CC(=O)C(Br)Br. The summed E-state index contributed by atoms with van der Waals surface area (Å²) in [6, 6.07) is 0. The fraction of sp³-hybridized carbons (Fsp3) is 0.400. The summed E-state index contributed by atoms with van der Waals surface area (Å²) >= 11 is 5.68. The van der Waals surface area contributed by atoms with Crippen molar-refractivity contribution in [2.24, 2.45) is 0 Å². The minimum Gasteiger partial charge on any atom is -0.475 e. The van der Waals surface area contributed by atoms with Crippen molar-refractivity contribution in [2.75, 3.05) is 0 Å². The van der Waals surface area contributed by atoms with Gasteiger partial charge in [0.15, 0.2) is 5.78 Å². The van der Waals surface area contributed by atoms with E-state index in [-0.39, 0.29) is 0 Å². The maximum Gasteiger partial charge on any atom is 0.372 e. The van der Waals surface area contributed by atoms with Crippen molar-refractivity contribution < 1.29 is 19.5 Å². The van der Waals surface area contributed by atoms with Gasteiger partial charge < -0.3 is 5.11 Å². The van der Waals surface area contributed by atoms with Crippen LogP contribution in [0, 0.1) is 0 Å². The van der Waals surface area contributed by atoms with E-state index in [0.717, 1.165) is 0 Å². The van der Waals surface area contributed by atoms with Gasteiger partial charge in [-0.15, -0.1) is 0 Å². The van der Waals surface area contributed by atoms with Crippen LogP contribution in [0.2, 0.25) is 0 Å². The molecule has 0 bridgehead atoms. The fourth-order valence-electron chi connectivity index (χ4n) is 0.311. The number of hydrogen-bond donors (Lipinski definition) is 1. The molecular weight excluding hydrogens is 284 g/mol. The summed E-state index contributed by atoms with van der Waals surface area (Å²) in [6.07, 6.45) is -0.587. The molecule has 0 radical (unpaired) electrons. The highest BCUT2D eigenvalue weighted by Gasteiger charge is 2.19. The van der Waals surface area contributed by atoms with Crippen molar-refractivity contribution >= 4 is 49.4 Å². The van der Waals surface area contributed by atoms with Crippen LogP contribution in [-0.2, 0) is 14.4 Å². The normalized spacial score (nSPS) is 9.73. The number of aliphatic carboxylic acids is 1. The van der Waals surface area contributed by atoms with Crippen LogP contribution in [-0.4, -0.2) is 26.4 Å². The predicted molar refractivity (Wildman–Crippen MR) is 43.9 cm³/mol. The molecule has 0 saturated heterocycles. The molecule has 0 spiro atoms. The summed E-state index contributed by atoms with van der Waals surface area (Å²) in [5.41, 5.74) is 0. The summed E-state index contributed by atoms with van der Waals surface area (Å²) < 4.78 is -0.654. The number of ketones is 2. The zero-order valence-corrected chi connectivity index (χ0v) is 8.38. The van der Waals surface area contributed by atoms with Crippen LogP contribution in [0.15, 0.2) is 0 Å². The van der Waals surface area contributed by atoms with Gasteiger partial charge in [0.2, 0.25) is 5.78 Å². The van der Waals surface area contributed by atoms with Crippen molar-refractivity contribution in [1.82, 2.24) is 0 Å². The van der Waals surface area contributed by atoms with E-state index in [1.54, 1.807) is 0 Å². The van der Waals surface area contributed by atoms with Crippen LogP contribution in [0.1, 0.15) is 6.42 Å². The second kappa shape index (κ2) is 4.61. The molecular formula is C5H4Br2O4. The molecule has 0 aliphatic carbocycles. The van der Waals surface area contributed by atoms with Crippen LogP contribution in [0.5, 0.6) is 0 Å². The summed E-state index contributed by atoms with van der Waals surface area (Å²) in [6.45, 7) is 0. The smallest absolute Gasteiger partial charge is 0.372 e. The molecule has 6 heteroatoms. The second-order valence-corrected chi connectivity index (χ2v) is 4.73. The average molecular weight is 288 g/mol. The van der Waals surface area contributed by atoms with Crippen molar-refractivity contribution in [3.05, 3.63) is 0 Å². The molecule has 0 aromatic rings. The van der Waals surface area contributed by atoms with Gasteiger partial charge in [-0.25, -0.2) is 4.79 Å². The van der Waals surface area contributed by atoms with Crippen molar-refractivity contribution in [3.63, 3.8) is 0 Å². The Morgan fingerprint density at radius 3 is 2.00 bits per heavy atom. The second-order valence-electron chi connectivity index (χ2n) is 1.67. The number of alkyl halides is 2. The largest absolute Gasteiger partial charge is 0.475 e. The Labute approximate surface area is 79.2 Å². The first-order chi connectivity index (χ1) is 4.95. The van der Waals surface area contributed by atoms with Gasteiger partial charge in [-0.05, 0) is 0 Å². The Balaban J connectivity index is 3.96. The van der Waals surface area contributed by atoms with Gasteiger partial charge >= 0.3 is 5.97 Å². The Morgan fingerprint density at radius 1 is 1.27 bits per heavy atom. The topological polar surface area (TPSA) is 71.4 Å². The Hall–Kier alpha value is -0.230. The molecule has 0 atom stereocenters. The Kier molecular flexibility index (Phi) is 4.51. The molecule has 0 aromatic heterocycles. The van der Waals surface area contributed by atoms with E-state index in [1.165, 1.54) is 0 Å². The van der Waals surface area contributed by atoms with E-state index in [9.17, 15) is 14.4 Å². The molecule has 0 heterocycles. The number of Topliss-reactive ketones (excluding diaryl/α,β-unsaturated/α-hetero) is 2. The van der Waals surface area contributed by atoms with Crippen LogP contribution < -0.4 is 0 Å². The average Bonchev–Trinajstić information content (AvgIpc) is 1.87. The van der Waals surface area contributed by atoms with Crippen molar-refractivity contribution in [2.45, 2.75) is 10.2 Å². The van der Waals surface area contributed by atoms with E-state index < -0.39 is 27.7 Å². The van der Waals surface area contributed by atoms with Gasteiger partial charge in [0, 0.05) is 0 Å². The number of halogens is 2. The quantitative estimate of drug-likeness (QED) is 0.470. The molecule has 0 aliphatic heterocycles. The van der Waals surface area contributed by atoms with Gasteiger partial charge in [0.1, 0.15) is 3.74 Å². The minimum absolute atomic E-state index is 0.502. The zero-order valence-electron chi connectivity index (χ0n) is 5.21. The van der Waals surface area contributed by atoms with E-state index in [2.05, 4.69) is 31.9 Å². The molecule has 0 amide bonds. The third kappa shape index (κ3) is 4.26. The number of hydrogen-bond acceptors (Lipinski definition) is 3. The first-order valence-corrected chi connectivity index (χ1v) is 4.35. The molecule has 0 saturated carbocycles. The summed E-state index contributed by atoms with van der Waals surface area (Å²) in [4.78, 5) is 31.0. The lowest BCUT2D eigenvalue weighted by molar-refractivity contribution is -0.150. The highest BCUT2D eigenvalue weighted by molar-refractivity contribution is 9.25. The van der Waals surface area contributed by atoms with Gasteiger partial charge in [0.05, 0.1) is 6.42 Å². The van der Waals surface area contributed by atoms with Gasteiger partial charge in [-0.1, -0.05) is 31.9 Å². The molecule has 0 fully saturated rings. The first-order valence-electron chi connectivity index (χ1n) is 2.52. The van der Waals surface area contributed by atoms with Gasteiger partial charge in [-0.3, -0.25) is 9.59 Å². The molecule has 0 aromatic carbocycles. The van der Waals surface area contributed by atoms with Crippen LogP contribution in [0.3, 0.4) is 0 Å². The third-order valence-electron chi connectivity index (χ3n) is 0.817. The molecule has 0 aliphatic rings. The van der Waals surface area contributed by atoms with Crippen molar-refractivity contribution in [3.8, 4) is 0 Å². The minimum atomic E-state index is -1.58. The standard InChI is InChI=1S/C5H4Br2O4/c6-4(7)2(8)1-3(9)5(10)11/h4H,1H2,(H,10,11). The van der Waals surface area contributed by atoms with E-state index in [1.807, 2.05) is 0 Å². The number of carbonyl (C=O) groups is 3. The third-order valence-corrected chi connectivity index (χ3v) is 1.84. The predicted octanol–water partition coefficient (Wildman–Crippen LogP) is 0.715. The maximum atomic E-state index is 10.7. The highest BCUT2D eigenvalue weighted by Crippen LogP contribution is 2.11. The Morgan fingerprint density at radius 2 is 1.73 bits per heavy atom. The zero-order chi connectivity index (χ0) is 9.02. The lowest BCUT2D eigenvalue weighted by atomic mass is 10.2. The van der Waals surface area contributed by atoms with Gasteiger partial charge in [-0.2, -0.15) is 0 Å². The van der Waals surface area contributed by atoms with Gasteiger partial charge in [0.25, 0.3) is 0 Å². The van der Waals surface area contributed by atoms with E-state index in [0.29, 0.717) is 0 Å². The van der Waals surface area contributed by atoms with Crippen LogP contribution >= 0.6 is 31.9 Å².